The first-order valence-corrected chi connectivity index (χ1v) is 5.42. The van der Waals surface area contributed by atoms with E-state index in [0.29, 0.717) is 5.13 Å². The summed E-state index contributed by atoms with van der Waals surface area (Å²) in [6.07, 6.45) is 1.70. The van der Waals surface area contributed by atoms with Crippen LogP contribution in [0.15, 0.2) is 23.7 Å². The first kappa shape index (κ1) is 10.6. The number of aromatic nitrogens is 2. The summed E-state index contributed by atoms with van der Waals surface area (Å²) in [7, 11) is 0. The second-order valence-corrected chi connectivity index (χ2v) is 3.96. The van der Waals surface area contributed by atoms with Gasteiger partial charge < -0.3 is 10.4 Å². The summed E-state index contributed by atoms with van der Waals surface area (Å²) in [5.41, 5.74) is 1.72. The van der Waals surface area contributed by atoms with Crippen LogP contribution in [-0.2, 0) is 0 Å². The topological polar surface area (TPSA) is 75.1 Å². The molecule has 2 aromatic rings. The van der Waals surface area contributed by atoms with Crippen molar-refractivity contribution < 1.29 is 9.90 Å². The second-order valence-electron chi connectivity index (χ2n) is 3.10. The summed E-state index contributed by atoms with van der Waals surface area (Å²) in [6.45, 7) is 1.87. The Kier molecular flexibility index (Phi) is 2.82. The van der Waals surface area contributed by atoms with Gasteiger partial charge >= 0.3 is 5.97 Å². The molecule has 6 heteroatoms. The highest BCUT2D eigenvalue weighted by atomic mass is 32.1. The Bertz CT molecular complexity index is 524. The van der Waals surface area contributed by atoms with E-state index in [-0.39, 0.29) is 5.69 Å². The van der Waals surface area contributed by atoms with E-state index in [2.05, 4.69) is 15.3 Å². The van der Waals surface area contributed by atoms with Crippen LogP contribution in [0.4, 0.5) is 10.8 Å². The first-order valence-electron chi connectivity index (χ1n) is 4.54. The fourth-order valence-corrected chi connectivity index (χ4v) is 1.86. The molecule has 0 bridgehead atoms. The van der Waals surface area contributed by atoms with Crippen LogP contribution in [0.2, 0.25) is 0 Å². The minimum atomic E-state index is -1.02. The minimum absolute atomic E-state index is 0.0500. The van der Waals surface area contributed by atoms with E-state index in [1.54, 1.807) is 12.3 Å². The quantitative estimate of drug-likeness (QED) is 0.853. The van der Waals surface area contributed by atoms with E-state index in [1.165, 1.54) is 16.7 Å². The van der Waals surface area contributed by atoms with E-state index < -0.39 is 5.97 Å². The van der Waals surface area contributed by atoms with Gasteiger partial charge in [-0.25, -0.2) is 9.78 Å². The van der Waals surface area contributed by atoms with Crippen molar-refractivity contribution in [2.75, 3.05) is 5.32 Å². The molecule has 0 amide bonds. The van der Waals surface area contributed by atoms with Crippen LogP contribution in [0.5, 0.6) is 0 Å². The number of nitrogens with zero attached hydrogens (tertiary/aromatic N) is 2. The van der Waals surface area contributed by atoms with Gasteiger partial charge in [0.15, 0.2) is 10.8 Å². The van der Waals surface area contributed by atoms with E-state index in [4.69, 9.17) is 5.11 Å². The Morgan fingerprint density at radius 1 is 1.56 bits per heavy atom. The Morgan fingerprint density at radius 3 is 3.00 bits per heavy atom. The number of thiazole rings is 1. The monoisotopic (exact) mass is 235 g/mol. The van der Waals surface area contributed by atoms with Gasteiger partial charge in [-0.15, -0.1) is 11.3 Å². The molecule has 0 saturated heterocycles. The molecule has 5 nitrogen and oxygen atoms in total. The highest BCUT2D eigenvalue weighted by Gasteiger charge is 2.09. The third kappa shape index (κ3) is 2.17. The fourth-order valence-electron chi connectivity index (χ4n) is 1.16. The maximum Gasteiger partial charge on any atom is 0.355 e. The van der Waals surface area contributed by atoms with Gasteiger partial charge in [0.05, 0.1) is 11.4 Å². The Labute approximate surface area is 95.8 Å². The molecular formula is C10H9N3O2S. The second kappa shape index (κ2) is 4.28. The third-order valence-corrected chi connectivity index (χ3v) is 2.73. The molecule has 0 atom stereocenters. The molecule has 0 spiro atoms. The van der Waals surface area contributed by atoms with E-state index in [1.807, 2.05) is 13.0 Å². The number of hydrogen-bond acceptors (Lipinski definition) is 5. The smallest absolute Gasteiger partial charge is 0.355 e. The summed E-state index contributed by atoms with van der Waals surface area (Å²) < 4.78 is 0. The number of rotatable bonds is 3. The van der Waals surface area contributed by atoms with Gasteiger partial charge in [-0.1, -0.05) is 0 Å². The molecule has 16 heavy (non-hydrogen) atoms. The van der Waals surface area contributed by atoms with Gasteiger partial charge in [-0.05, 0) is 19.1 Å². The molecule has 82 valence electrons. The lowest BCUT2D eigenvalue weighted by atomic mass is 10.3. The maximum atomic E-state index is 10.6. The molecular weight excluding hydrogens is 226 g/mol. The van der Waals surface area contributed by atoms with Crippen molar-refractivity contribution in [1.82, 2.24) is 9.97 Å². The summed E-state index contributed by atoms with van der Waals surface area (Å²) in [6, 6.07) is 3.67. The molecule has 0 aliphatic carbocycles. The van der Waals surface area contributed by atoms with Crippen LogP contribution in [0, 0.1) is 6.92 Å². The van der Waals surface area contributed by atoms with Gasteiger partial charge in [0.1, 0.15) is 0 Å². The number of carboxylic acid groups (broad SMARTS) is 1. The van der Waals surface area contributed by atoms with Crippen LogP contribution in [-0.4, -0.2) is 21.0 Å². The number of carboxylic acids is 1. The average molecular weight is 235 g/mol. The molecule has 2 N–H and O–H groups in total. The van der Waals surface area contributed by atoms with Crippen molar-refractivity contribution in [3.05, 3.63) is 35.1 Å². The molecule has 0 fully saturated rings. The van der Waals surface area contributed by atoms with Crippen molar-refractivity contribution in [3.8, 4) is 0 Å². The normalized spacial score (nSPS) is 10.1. The Hall–Kier alpha value is -1.95. The average Bonchev–Trinajstić information content (AvgIpc) is 2.70. The van der Waals surface area contributed by atoms with Crippen LogP contribution in [0.25, 0.3) is 0 Å². The summed E-state index contributed by atoms with van der Waals surface area (Å²) >= 11 is 1.25. The molecule has 2 heterocycles. The summed E-state index contributed by atoms with van der Waals surface area (Å²) in [5.74, 6) is -1.02. The zero-order valence-electron chi connectivity index (χ0n) is 8.47. The molecule has 0 aliphatic rings. The maximum absolute atomic E-state index is 10.6. The lowest BCUT2D eigenvalue weighted by molar-refractivity contribution is 0.0691. The highest BCUT2D eigenvalue weighted by molar-refractivity contribution is 7.14. The number of aryl methyl sites for hydroxylation is 1. The number of anilines is 2. The van der Waals surface area contributed by atoms with Crippen LogP contribution < -0.4 is 5.32 Å². The number of hydrogen-bond donors (Lipinski definition) is 2. The fraction of sp³-hybridized carbons (Fsp3) is 0.100. The SMILES string of the molecule is Cc1ncccc1Nc1nc(C(=O)O)cs1. The van der Waals surface area contributed by atoms with Gasteiger partial charge in [0.25, 0.3) is 0 Å². The van der Waals surface area contributed by atoms with Gasteiger partial charge in [0.2, 0.25) is 0 Å². The van der Waals surface area contributed by atoms with Crippen molar-refractivity contribution in [1.29, 1.82) is 0 Å². The molecule has 0 unspecified atom stereocenters. The van der Waals surface area contributed by atoms with Crippen molar-refractivity contribution in [2.24, 2.45) is 0 Å². The van der Waals surface area contributed by atoms with E-state index >= 15 is 0 Å². The summed E-state index contributed by atoms with van der Waals surface area (Å²) in [5, 5.41) is 13.8. The van der Waals surface area contributed by atoms with Crippen molar-refractivity contribution >= 4 is 28.1 Å². The third-order valence-electron chi connectivity index (χ3n) is 1.97. The van der Waals surface area contributed by atoms with Crippen LogP contribution in [0.3, 0.4) is 0 Å². The van der Waals surface area contributed by atoms with Crippen LogP contribution >= 0.6 is 11.3 Å². The van der Waals surface area contributed by atoms with Gasteiger partial charge in [-0.3, -0.25) is 4.98 Å². The molecule has 0 saturated carbocycles. The Balaban J connectivity index is 2.21. The number of pyridine rings is 1. The van der Waals surface area contributed by atoms with Gasteiger partial charge in [0, 0.05) is 11.6 Å². The molecule has 2 rings (SSSR count). The van der Waals surface area contributed by atoms with Crippen LogP contribution in [0.1, 0.15) is 16.2 Å². The number of nitrogens with one attached hydrogen (secondary N) is 1. The van der Waals surface area contributed by atoms with E-state index in [9.17, 15) is 4.79 Å². The Morgan fingerprint density at radius 2 is 2.38 bits per heavy atom. The first-order chi connectivity index (χ1) is 7.66. The predicted octanol–water partition coefficient (Wildman–Crippen LogP) is 2.29. The zero-order chi connectivity index (χ0) is 11.5. The largest absolute Gasteiger partial charge is 0.476 e. The van der Waals surface area contributed by atoms with Gasteiger partial charge in [-0.2, -0.15) is 0 Å². The number of carbonyl (C=O) groups is 1. The molecule has 0 aliphatic heterocycles. The summed E-state index contributed by atoms with van der Waals surface area (Å²) in [4.78, 5) is 18.7. The van der Waals surface area contributed by atoms with Crippen molar-refractivity contribution in [2.45, 2.75) is 6.92 Å². The highest BCUT2D eigenvalue weighted by Crippen LogP contribution is 2.22. The lowest BCUT2D eigenvalue weighted by Gasteiger charge is -2.04. The lowest BCUT2D eigenvalue weighted by Crippen LogP contribution is -1.98. The van der Waals surface area contributed by atoms with E-state index in [0.717, 1.165) is 11.4 Å². The molecule has 0 radical (unpaired) electrons. The molecule has 2 aromatic heterocycles. The molecule has 0 aromatic carbocycles. The number of aromatic carboxylic acids is 1. The standard InChI is InChI=1S/C10H9N3O2S/c1-6-7(3-2-4-11-6)12-10-13-8(5-16-10)9(14)15/h2-5H,1H3,(H,12,13)(H,14,15). The minimum Gasteiger partial charge on any atom is -0.476 e. The zero-order valence-corrected chi connectivity index (χ0v) is 9.28. The predicted molar refractivity (Wildman–Crippen MR) is 61.3 cm³/mol. The van der Waals surface area contributed by atoms with Crippen molar-refractivity contribution in [3.63, 3.8) is 0 Å².